The van der Waals surface area contributed by atoms with Gasteiger partial charge in [-0.05, 0) is 12.2 Å². The van der Waals surface area contributed by atoms with Crippen molar-refractivity contribution in [1.29, 1.82) is 0 Å². The van der Waals surface area contributed by atoms with Crippen LogP contribution in [-0.4, -0.2) is 22.3 Å². The number of hydrogen-bond acceptors (Lipinski definition) is 4. The summed E-state index contributed by atoms with van der Waals surface area (Å²) in [5.41, 5.74) is 0.636. The predicted octanol–water partition coefficient (Wildman–Crippen LogP) is 2.57. The van der Waals surface area contributed by atoms with Crippen molar-refractivity contribution in [1.82, 2.24) is 4.98 Å². The van der Waals surface area contributed by atoms with Gasteiger partial charge in [-0.1, -0.05) is 0 Å². The Labute approximate surface area is 85.8 Å². The smallest absolute Gasteiger partial charge is 0.178 e. The molecule has 1 fully saturated rings. The SMILES string of the molecule is CC(=O)c1csc(C2CCSC2)n1. The van der Waals surface area contributed by atoms with Gasteiger partial charge in [0.05, 0.1) is 5.01 Å². The molecule has 0 amide bonds. The molecule has 0 radical (unpaired) electrons. The number of hydrogen-bond donors (Lipinski definition) is 0. The Morgan fingerprint density at radius 3 is 3.08 bits per heavy atom. The van der Waals surface area contributed by atoms with Crippen molar-refractivity contribution in [2.75, 3.05) is 11.5 Å². The second-order valence-corrected chi connectivity index (χ2v) is 5.23. The Morgan fingerprint density at radius 2 is 2.54 bits per heavy atom. The number of carbonyl (C=O) groups excluding carboxylic acids is 1. The van der Waals surface area contributed by atoms with Gasteiger partial charge in [0.15, 0.2) is 5.78 Å². The van der Waals surface area contributed by atoms with Crippen molar-refractivity contribution in [3.05, 3.63) is 16.1 Å². The lowest BCUT2D eigenvalue weighted by molar-refractivity contribution is 0.101. The van der Waals surface area contributed by atoms with Crippen LogP contribution in [0.25, 0.3) is 0 Å². The fourth-order valence-electron chi connectivity index (χ4n) is 1.37. The molecule has 0 aromatic carbocycles. The van der Waals surface area contributed by atoms with E-state index in [1.165, 1.54) is 17.9 Å². The maximum Gasteiger partial charge on any atom is 0.178 e. The molecule has 0 N–H and O–H groups in total. The van der Waals surface area contributed by atoms with E-state index in [1.54, 1.807) is 18.3 Å². The predicted molar refractivity (Wildman–Crippen MR) is 56.8 cm³/mol. The van der Waals surface area contributed by atoms with Crippen LogP contribution in [0.5, 0.6) is 0 Å². The quantitative estimate of drug-likeness (QED) is 0.707. The third kappa shape index (κ3) is 1.94. The molecule has 0 bridgehead atoms. The second-order valence-electron chi connectivity index (χ2n) is 3.19. The van der Waals surface area contributed by atoms with Crippen LogP contribution in [0.1, 0.15) is 34.8 Å². The molecular formula is C9H11NOS2. The maximum atomic E-state index is 11.0. The Balaban J connectivity index is 2.16. The van der Waals surface area contributed by atoms with E-state index < -0.39 is 0 Å². The molecule has 2 heterocycles. The standard InChI is InChI=1S/C9H11NOS2/c1-6(11)8-5-13-9(10-8)7-2-3-12-4-7/h5,7H,2-4H2,1H3. The van der Waals surface area contributed by atoms with Crippen molar-refractivity contribution >= 4 is 28.9 Å². The molecule has 2 rings (SSSR count). The Morgan fingerprint density at radius 1 is 1.69 bits per heavy atom. The number of carbonyl (C=O) groups is 1. The van der Waals surface area contributed by atoms with Crippen LogP contribution in [0.3, 0.4) is 0 Å². The molecule has 1 unspecified atom stereocenters. The fourth-order valence-corrected chi connectivity index (χ4v) is 3.69. The van der Waals surface area contributed by atoms with E-state index in [2.05, 4.69) is 4.98 Å². The lowest BCUT2D eigenvalue weighted by atomic mass is 10.1. The molecular weight excluding hydrogens is 202 g/mol. The highest BCUT2D eigenvalue weighted by atomic mass is 32.2. The number of thiazole rings is 1. The third-order valence-electron chi connectivity index (χ3n) is 2.16. The van der Waals surface area contributed by atoms with Gasteiger partial charge in [0.25, 0.3) is 0 Å². The molecule has 0 aliphatic carbocycles. The fraction of sp³-hybridized carbons (Fsp3) is 0.556. The average molecular weight is 213 g/mol. The van der Waals surface area contributed by atoms with E-state index >= 15 is 0 Å². The summed E-state index contributed by atoms with van der Waals surface area (Å²) in [7, 11) is 0. The molecule has 1 aliphatic rings. The van der Waals surface area contributed by atoms with Gasteiger partial charge >= 0.3 is 0 Å². The highest BCUT2D eigenvalue weighted by Crippen LogP contribution is 2.33. The lowest BCUT2D eigenvalue weighted by Crippen LogP contribution is -1.98. The number of aromatic nitrogens is 1. The highest BCUT2D eigenvalue weighted by Gasteiger charge is 2.21. The van der Waals surface area contributed by atoms with E-state index in [1.807, 2.05) is 17.1 Å². The van der Waals surface area contributed by atoms with Crippen LogP contribution in [0.4, 0.5) is 0 Å². The van der Waals surface area contributed by atoms with Crippen molar-refractivity contribution in [2.24, 2.45) is 0 Å². The molecule has 13 heavy (non-hydrogen) atoms. The van der Waals surface area contributed by atoms with Gasteiger partial charge in [-0.2, -0.15) is 11.8 Å². The Hall–Kier alpha value is -0.350. The average Bonchev–Trinajstić information content (AvgIpc) is 2.75. The molecule has 1 aromatic heterocycles. The molecule has 0 spiro atoms. The molecule has 0 saturated carbocycles. The van der Waals surface area contributed by atoms with Gasteiger partial charge in [-0.15, -0.1) is 11.3 Å². The first-order valence-electron chi connectivity index (χ1n) is 4.31. The first-order chi connectivity index (χ1) is 6.27. The van der Waals surface area contributed by atoms with Crippen molar-refractivity contribution in [3.8, 4) is 0 Å². The summed E-state index contributed by atoms with van der Waals surface area (Å²) in [6.45, 7) is 1.57. The second kappa shape index (κ2) is 3.80. The van der Waals surface area contributed by atoms with Crippen LogP contribution >= 0.6 is 23.1 Å². The minimum atomic E-state index is 0.0770. The van der Waals surface area contributed by atoms with Gasteiger partial charge in [0.1, 0.15) is 5.69 Å². The van der Waals surface area contributed by atoms with E-state index in [0.717, 1.165) is 5.01 Å². The van der Waals surface area contributed by atoms with Gasteiger partial charge in [-0.25, -0.2) is 4.98 Å². The van der Waals surface area contributed by atoms with Crippen LogP contribution < -0.4 is 0 Å². The minimum Gasteiger partial charge on any atom is -0.293 e. The zero-order chi connectivity index (χ0) is 9.26. The third-order valence-corrected chi connectivity index (χ3v) is 4.33. The van der Waals surface area contributed by atoms with Gasteiger partial charge < -0.3 is 0 Å². The Bertz CT molecular complexity index is 315. The highest BCUT2D eigenvalue weighted by molar-refractivity contribution is 7.99. The Kier molecular flexibility index (Phi) is 2.69. The van der Waals surface area contributed by atoms with Crippen LogP contribution in [-0.2, 0) is 0 Å². The molecule has 1 saturated heterocycles. The number of rotatable bonds is 2. The van der Waals surface area contributed by atoms with E-state index in [-0.39, 0.29) is 5.78 Å². The van der Waals surface area contributed by atoms with E-state index in [9.17, 15) is 4.79 Å². The maximum absolute atomic E-state index is 11.0. The summed E-state index contributed by atoms with van der Waals surface area (Å²) in [5.74, 6) is 3.08. The largest absolute Gasteiger partial charge is 0.293 e. The summed E-state index contributed by atoms with van der Waals surface area (Å²) in [4.78, 5) is 15.4. The van der Waals surface area contributed by atoms with Gasteiger partial charge in [-0.3, -0.25) is 4.79 Å². The van der Waals surface area contributed by atoms with Crippen molar-refractivity contribution < 1.29 is 4.79 Å². The molecule has 4 heteroatoms. The zero-order valence-corrected chi connectivity index (χ0v) is 9.08. The number of thioether (sulfide) groups is 1. The summed E-state index contributed by atoms with van der Waals surface area (Å²) >= 11 is 3.61. The molecule has 70 valence electrons. The molecule has 2 nitrogen and oxygen atoms in total. The minimum absolute atomic E-state index is 0.0770. The topological polar surface area (TPSA) is 30.0 Å². The number of Topliss-reactive ketones (excluding diaryl/α,β-unsaturated/α-hetero) is 1. The number of ketones is 1. The first-order valence-corrected chi connectivity index (χ1v) is 6.35. The zero-order valence-electron chi connectivity index (χ0n) is 7.45. The van der Waals surface area contributed by atoms with E-state index in [0.29, 0.717) is 11.6 Å². The number of nitrogens with zero attached hydrogens (tertiary/aromatic N) is 1. The van der Waals surface area contributed by atoms with Gasteiger partial charge in [0, 0.05) is 24.0 Å². The molecule has 1 aliphatic heterocycles. The van der Waals surface area contributed by atoms with Crippen LogP contribution in [0.15, 0.2) is 5.38 Å². The molecule has 1 atom stereocenters. The normalized spacial score (nSPS) is 22.1. The summed E-state index contributed by atoms with van der Waals surface area (Å²) in [6, 6.07) is 0. The molecule has 1 aromatic rings. The summed E-state index contributed by atoms with van der Waals surface area (Å²) < 4.78 is 0. The van der Waals surface area contributed by atoms with Crippen molar-refractivity contribution in [3.63, 3.8) is 0 Å². The lowest BCUT2D eigenvalue weighted by Gasteiger charge is -2.00. The van der Waals surface area contributed by atoms with Gasteiger partial charge in [0.2, 0.25) is 0 Å². The van der Waals surface area contributed by atoms with Crippen LogP contribution in [0.2, 0.25) is 0 Å². The van der Waals surface area contributed by atoms with Crippen LogP contribution in [0, 0.1) is 0 Å². The van der Waals surface area contributed by atoms with E-state index in [4.69, 9.17) is 0 Å². The summed E-state index contributed by atoms with van der Waals surface area (Å²) in [6.07, 6.45) is 1.22. The van der Waals surface area contributed by atoms with Crippen molar-refractivity contribution in [2.45, 2.75) is 19.3 Å². The monoisotopic (exact) mass is 213 g/mol. The first kappa shape index (κ1) is 9.21. The summed E-state index contributed by atoms with van der Waals surface area (Å²) in [5, 5.41) is 3.02.